The summed E-state index contributed by atoms with van der Waals surface area (Å²) in [6.45, 7) is 0. The van der Waals surface area contributed by atoms with Crippen LogP contribution in [-0.4, -0.2) is 6.29 Å². The van der Waals surface area contributed by atoms with Crippen molar-refractivity contribution in [2.45, 2.75) is 9.79 Å². The third kappa shape index (κ3) is 3.32. The van der Waals surface area contributed by atoms with Gasteiger partial charge in [0.15, 0.2) is 0 Å². The molecular weight excluding hydrogens is 259 g/mol. The minimum absolute atomic E-state index is 0.335. The molecule has 0 unspecified atom stereocenters. The predicted octanol–water partition coefficient (Wildman–Crippen LogP) is 4.44. The Morgan fingerprint density at radius 3 is 2.41 bits per heavy atom. The Hall–Kier alpha value is -1.32. The lowest BCUT2D eigenvalue weighted by molar-refractivity contribution is 0.112. The van der Waals surface area contributed by atoms with Crippen molar-refractivity contribution in [3.63, 3.8) is 0 Å². The van der Waals surface area contributed by atoms with Crippen molar-refractivity contribution in [2.24, 2.45) is 0 Å². The molecule has 17 heavy (non-hydrogen) atoms. The molecule has 0 saturated carbocycles. The van der Waals surface area contributed by atoms with Crippen LogP contribution in [0.1, 0.15) is 10.4 Å². The van der Waals surface area contributed by atoms with E-state index in [0.29, 0.717) is 21.8 Å². The fraction of sp³-hybridized carbons (Fsp3) is 0. The summed E-state index contributed by atoms with van der Waals surface area (Å²) in [5.74, 6) is -0.411. The number of hydrogen-bond donors (Lipinski definition) is 0. The summed E-state index contributed by atoms with van der Waals surface area (Å²) in [7, 11) is 0. The highest BCUT2D eigenvalue weighted by Gasteiger charge is 2.02. The summed E-state index contributed by atoms with van der Waals surface area (Å²) in [6, 6.07) is 11.5. The second kappa shape index (κ2) is 5.34. The van der Waals surface area contributed by atoms with E-state index >= 15 is 0 Å². The maximum absolute atomic E-state index is 13.2. The molecule has 0 saturated heterocycles. The van der Waals surface area contributed by atoms with Gasteiger partial charge in [0, 0.05) is 20.4 Å². The first kappa shape index (κ1) is 12.1. The Balaban J connectivity index is 2.26. The van der Waals surface area contributed by atoms with Crippen LogP contribution in [0.5, 0.6) is 0 Å². The second-order valence-corrected chi connectivity index (χ2v) is 4.98. The van der Waals surface area contributed by atoms with E-state index < -0.39 is 5.82 Å². The molecule has 0 aliphatic carbocycles. The fourth-order valence-corrected chi connectivity index (χ4v) is 2.39. The highest BCUT2D eigenvalue weighted by Crippen LogP contribution is 2.29. The monoisotopic (exact) mass is 266 g/mol. The van der Waals surface area contributed by atoms with Crippen molar-refractivity contribution in [3.05, 3.63) is 58.9 Å². The average molecular weight is 267 g/mol. The first-order valence-corrected chi connectivity index (χ1v) is 6.06. The Morgan fingerprint density at radius 2 is 1.76 bits per heavy atom. The predicted molar refractivity (Wildman–Crippen MR) is 67.4 cm³/mol. The van der Waals surface area contributed by atoms with Crippen molar-refractivity contribution in [3.8, 4) is 0 Å². The van der Waals surface area contributed by atoms with Gasteiger partial charge in [-0.2, -0.15) is 0 Å². The zero-order chi connectivity index (χ0) is 12.3. The van der Waals surface area contributed by atoms with Crippen LogP contribution in [0.15, 0.2) is 52.3 Å². The van der Waals surface area contributed by atoms with Crippen molar-refractivity contribution in [2.75, 3.05) is 0 Å². The van der Waals surface area contributed by atoms with Gasteiger partial charge in [0.05, 0.1) is 0 Å². The normalized spacial score (nSPS) is 10.2. The Bertz CT molecular complexity index is 540. The third-order valence-electron chi connectivity index (χ3n) is 2.08. The quantitative estimate of drug-likeness (QED) is 0.764. The van der Waals surface area contributed by atoms with Gasteiger partial charge in [0.1, 0.15) is 12.1 Å². The van der Waals surface area contributed by atoms with E-state index in [1.807, 2.05) is 12.1 Å². The fourth-order valence-electron chi connectivity index (χ4n) is 1.35. The molecule has 0 N–H and O–H groups in total. The van der Waals surface area contributed by atoms with Gasteiger partial charge >= 0.3 is 0 Å². The van der Waals surface area contributed by atoms with Crippen LogP contribution in [0.2, 0.25) is 5.02 Å². The summed E-state index contributed by atoms with van der Waals surface area (Å²) in [4.78, 5) is 12.2. The highest BCUT2D eigenvalue weighted by molar-refractivity contribution is 7.99. The Morgan fingerprint density at radius 1 is 1.06 bits per heavy atom. The molecule has 0 amide bonds. The smallest absolute Gasteiger partial charge is 0.150 e. The molecular formula is C13H8ClFOS. The Kier molecular flexibility index (Phi) is 3.82. The van der Waals surface area contributed by atoms with Gasteiger partial charge in [-0.25, -0.2) is 4.39 Å². The van der Waals surface area contributed by atoms with E-state index in [-0.39, 0.29) is 0 Å². The maximum atomic E-state index is 13.2. The molecule has 0 bridgehead atoms. The van der Waals surface area contributed by atoms with Crippen molar-refractivity contribution in [1.82, 2.24) is 0 Å². The van der Waals surface area contributed by atoms with Crippen LogP contribution in [0.25, 0.3) is 0 Å². The van der Waals surface area contributed by atoms with Crippen LogP contribution in [0, 0.1) is 5.82 Å². The van der Waals surface area contributed by atoms with Gasteiger partial charge in [-0.05, 0) is 42.5 Å². The van der Waals surface area contributed by atoms with E-state index in [9.17, 15) is 9.18 Å². The first-order chi connectivity index (χ1) is 8.17. The molecule has 0 aliphatic rings. The SMILES string of the molecule is O=Cc1cc(F)cc(Sc2ccc(Cl)cc2)c1. The molecule has 2 rings (SSSR count). The molecule has 2 aromatic carbocycles. The van der Waals surface area contributed by atoms with Crippen LogP contribution in [0.3, 0.4) is 0 Å². The molecule has 0 atom stereocenters. The van der Waals surface area contributed by atoms with Crippen LogP contribution in [-0.2, 0) is 0 Å². The van der Waals surface area contributed by atoms with Gasteiger partial charge in [-0.3, -0.25) is 4.79 Å². The van der Waals surface area contributed by atoms with Crippen LogP contribution < -0.4 is 0 Å². The highest BCUT2D eigenvalue weighted by atomic mass is 35.5. The van der Waals surface area contributed by atoms with Crippen LogP contribution >= 0.6 is 23.4 Å². The summed E-state index contributed by atoms with van der Waals surface area (Å²) >= 11 is 7.15. The zero-order valence-corrected chi connectivity index (χ0v) is 10.3. The number of benzene rings is 2. The van der Waals surface area contributed by atoms with E-state index in [4.69, 9.17) is 11.6 Å². The van der Waals surface area contributed by atoms with Gasteiger partial charge in [0.2, 0.25) is 0 Å². The lowest BCUT2D eigenvalue weighted by atomic mass is 10.2. The number of halogens is 2. The van der Waals surface area contributed by atoms with Crippen LogP contribution in [0.4, 0.5) is 4.39 Å². The molecule has 0 radical (unpaired) electrons. The number of carbonyl (C=O) groups excluding carboxylic acids is 1. The summed E-state index contributed by atoms with van der Waals surface area (Å²) < 4.78 is 13.2. The third-order valence-corrected chi connectivity index (χ3v) is 3.31. The standard InChI is InChI=1S/C13H8ClFOS/c14-10-1-3-12(4-2-10)17-13-6-9(8-16)5-11(15)7-13/h1-8H. The van der Waals surface area contributed by atoms with E-state index in [0.717, 1.165) is 4.90 Å². The van der Waals surface area contributed by atoms with E-state index in [2.05, 4.69) is 0 Å². The molecule has 0 aromatic heterocycles. The average Bonchev–Trinajstić information content (AvgIpc) is 2.31. The van der Waals surface area contributed by atoms with Gasteiger partial charge in [-0.15, -0.1) is 0 Å². The summed E-state index contributed by atoms with van der Waals surface area (Å²) in [5, 5.41) is 0.655. The zero-order valence-electron chi connectivity index (χ0n) is 8.69. The second-order valence-electron chi connectivity index (χ2n) is 3.39. The van der Waals surface area contributed by atoms with E-state index in [1.165, 1.54) is 23.9 Å². The molecule has 0 fully saturated rings. The lowest BCUT2D eigenvalue weighted by Crippen LogP contribution is -1.84. The minimum Gasteiger partial charge on any atom is -0.298 e. The molecule has 4 heteroatoms. The molecule has 0 aliphatic heterocycles. The van der Waals surface area contributed by atoms with Gasteiger partial charge < -0.3 is 0 Å². The molecule has 86 valence electrons. The van der Waals surface area contributed by atoms with Crippen molar-refractivity contribution < 1.29 is 9.18 Å². The Labute approximate surface area is 108 Å². The molecule has 0 heterocycles. The number of carbonyl (C=O) groups is 1. The maximum Gasteiger partial charge on any atom is 0.150 e. The van der Waals surface area contributed by atoms with E-state index in [1.54, 1.807) is 18.2 Å². The largest absolute Gasteiger partial charge is 0.298 e. The first-order valence-electron chi connectivity index (χ1n) is 4.86. The lowest BCUT2D eigenvalue weighted by Gasteiger charge is -2.03. The topological polar surface area (TPSA) is 17.1 Å². The van der Waals surface area contributed by atoms with Crippen molar-refractivity contribution in [1.29, 1.82) is 0 Å². The number of hydrogen-bond acceptors (Lipinski definition) is 2. The minimum atomic E-state index is -0.411. The number of aldehydes is 1. The summed E-state index contributed by atoms with van der Waals surface area (Å²) in [6.07, 6.45) is 0.634. The summed E-state index contributed by atoms with van der Waals surface area (Å²) in [5.41, 5.74) is 0.335. The molecule has 1 nitrogen and oxygen atoms in total. The molecule has 0 spiro atoms. The number of rotatable bonds is 3. The van der Waals surface area contributed by atoms with Gasteiger partial charge in [0.25, 0.3) is 0 Å². The van der Waals surface area contributed by atoms with Crippen molar-refractivity contribution >= 4 is 29.6 Å². The molecule has 2 aromatic rings. The van der Waals surface area contributed by atoms with Gasteiger partial charge in [-0.1, -0.05) is 23.4 Å².